The van der Waals surface area contributed by atoms with Crippen LogP contribution in [0.15, 0.2) is 24.3 Å². The van der Waals surface area contributed by atoms with Crippen LogP contribution < -0.4 is 9.47 Å². The average molecular weight is 250 g/mol. The zero-order valence-electron chi connectivity index (χ0n) is 8.69. The van der Waals surface area contributed by atoms with Gasteiger partial charge in [0.05, 0.1) is 0 Å². The Kier molecular flexibility index (Phi) is 3.82. The van der Waals surface area contributed by atoms with Crippen LogP contribution in [0, 0.1) is 0 Å². The van der Waals surface area contributed by atoms with Crippen LogP contribution in [-0.4, -0.2) is 23.5 Å². The van der Waals surface area contributed by atoms with E-state index >= 15 is 0 Å². The molecule has 0 radical (unpaired) electrons. The van der Waals surface area contributed by atoms with E-state index < -0.39 is 24.2 Å². The second-order valence-corrected chi connectivity index (χ2v) is 3.12. The first kappa shape index (κ1) is 13.1. The van der Waals surface area contributed by atoms with Gasteiger partial charge in [-0.05, 0) is 31.2 Å². The summed E-state index contributed by atoms with van der Waals surface area (Å²) < 4.78 is 44.0. The summed E-state index contributed by atoms with van der Waals surface area (Å²) in [5.41, 5.74) is 0. The highest BCUT2D eigenvalue weighted by Gasteiger charge is 2.31. The van der Waals surface area contributed by atoms with E-state index in [9.17, 15) is 18.0 Å². The van der Waals surface area contributed by atoms with E-state index in [1.165, 1.54) is 19.1 Å². The third-order valence-electron chi connectivity index (χ3n) is 1.72. The van der Waals surface area contributed by atoms with Crippen molar-refractivity contribution in [1.29, 1.82) is 0 Å². The Morgan fingerprint density at radius 1 is 1.24 bits per heavy atom. The summed E-state index contributed by atoms with van der Waals surface area (Å²) in [7, 11) is 0. The van der Waals surface area contributed by atoms with Gasteiger partial charge in [-0.15, -0.1) is 13.2 Å². The molecule has 1 N–H and O–H groups in total. The minimum Gasteiger partial charge on any atom is -0.479 e. The minimum atomic E-state index is -4.75. The van der Waals surface area contributed by atoms with Gasteiger partial charge in [0.2, 0.25) is 0 Å². The number of alkyl halides is 3. The number of benzene rings is 1. The van der Waals surface area contributed by atoms with Crippen molar-refractivity contribution in [3.05, 3.63) is 24.3 Å². The second kappa shape index (κ2) is 4.94. The molecular weight excluding hydrogens is 241 g/mol. The Morgan fingerprint density at radius 3 is 2.12 bits per heavy atom. The molecule has 1 aromatic carbocycles. The van der Waals surface area contributed by atoms with Gasteiger partial charge in [-0.2, -0.15) is 0 Å². The van der Waals surface area contributed by atoms with E-state index in [0.717, 1.165) is 12.1 Å². The highest BCUT2D eigenvalue weighted by Crippen LogP contribution is 2.24. The number of hydrogen-bond donors (Lipinski definition) is 1. The Hall–Kier alpha value is -1.92. The lowest BCUT2D eigenvalue weighted by atomic mass is 10.3. The molecule has 17 heavy (non-hydrogen) atoms. The smallest absolute Gasteiger partial charge is 0.479 e. The van der Waals surface area contributed by atoms with Crippen LogP contribution in [0.1, 0.15) is 6.92 Å². The van der Waals surface area contributed by atoms with Crippen LogP contribution in [0.4, 0.5) is 13.2 Å². The van der Waals surface area contributed by atoms with Gasteiger partial charge in [-0.1, -0.05) is 0 Å². The van der Waals surface area contributed by atoms with E-state index in [-0.39, 0.29) is 5.75 Å². The van der Waals surface area contributed by atoms with Crippen molar-refractivity contribution in [2.24, 2.45) is 0 Å². The molecule has 0 aliphatic rings. The summed E-state index contributed by atoms with van der Waals surface area (Å²) in [6.07, 6.45) is -5.83. The molecule has 0 fully saturated rings. The molecule has 0 saturated carbocycles. The largest absolute Gasteiger partial charge is 0.573 e. The Bertz CT molecular complexity index is 386. The van der Waals surface area contributed by atoms with Crippen LogP contribution in [0.25, 0.3) is 0 Å². The number of rotatable bonds is 4. The minimum absolute atomic E-state index is 0.148. The van der Waals surface area contributed by atoms with Crippen LogP contribution in [-0.2, 0) is 4.79 Å². The van der Waals surface area contributed by atoms with Crippen molar-refractivity contribution in [3.8, 4) is 11.5 Å². The van der Waals surface area contributed by atoms with Crippen molar-refractivity contribution in [2.45, 2.75) is 19.4 Å². The third kappa shape index (κ3) is 4.62. The van der Waals surface area contributed by atoms with Gasteiger partial charge in [-0.25, -0.2) is 4.79 Å². The highest BCUT2D eigenvalue weighted by molar-refractivity contribution is 5.72. The first-order chi connectivity index (χ1) is 7.78. The molecule has 0 bridgehead atoms. The lowest BCUT2D eigenvalue weighted by Crippen LogP contribution is -2.22. The SMILES string of the molecule is C[C@@H](Oc1ccc(OC(F)(F)F)cc1)C(=O)O. The molecule has 0 heterocycles. The van der Waals surface area contributed by atoms with Crippen molar-refractivity contribution in [1.82, 2.24) is 0 Å². The molecule has 0 aromatic heterocycles. The summed E-state index contributed by atoms with van der Waals surface area (Å²) in [6, 6.07) is 4.47. The number of carbonyl (C=O) groups is 1. The Balaban J connectivity index is 2.65. The standard InChI is InChI=1S/C10H9F3O4/c1-6(9(14)15)16-7-2-4-8(5-3-7)17-10(11,12)13/h2-6H,1H3,(H,14,15)/t6-/m1/s1. The quantitative estimate of drug-likeness (QED) is 0.891. The van der Waals surface area contributed by atoms with Crippen molar-refractivity contribution < 1.29 is 32.5 Å². The Labute approximate surface area is 94.6 Å². The molecule has 94 valence electrons. The van der Waals surface area contributed by atoms with Crippen LogP contribution in [0.3, 0.4) is 0 Å². The van der Waals surface area contributed by atoms with Gasteiger partial charge in [-0.3, -0.25) is 0 Å². The van der Waals surface area contributed by atoms with E-state index in [2.05, 4.69) is 4.74 Å². The maximum Gasteiger partial charge on any atom is 0.573 e. The summed E-state index contributed by atoms with van der Waals surface area (Å²) in [5, 5.41) is 8.55. The van der Waals surface area contributed by atoms with Gasteiger partial charge in [0, 0.05) is 0 Å². The molecule has 1 rings (SSSR count). The molecule has 0 unspecified atom stereocenters. The fourth-order valence-corrected chi connectivity index (χ4v) is 0.974. The lowest BCUT2D eigenvalue weighted by molar-refractivity contribution is -0.274. The fraction of sp³-hybridized carbons (Fsp3) is 0.300. The van der Waals surface area contributed by atoms with Gasteiger partial charge in [0.25, 0.3) is 0 Å². The topological polar surface area (TPSA) is 55.8 Å². The molecule has 4 nitrogen and oxygen atoms in total. The molecule has 0 aliphatic heterocycles. The molecule has 7 heteroatoms. The number of aliphatic carboxylic acids is 1. The predicted octanol–water partition coefficient (Wildman–Crippen LogP) is 2.44. The van der Waals surface area contributed by atoms with Crippen molar-refractivity contribution in [2.75, 3.05) is 0 Å². The van der Waals surface area contributed by atoms with Gasteiger partial charge >= 0.3 is 12.3 Å². The second-order valence-electron chi connectivity index (χ2n) is 3.12. The zero-order chi connectivity index (χ0) is 13.1. The predicted molar refractivity (Wildman–Crippen MR) is 50.9 cm³/mol. The van der Waals surface area contributed by atoms with Crippen LogP contribution >= 0.6 is 0 Å². The number of halogens is 3. The van der Waals surface area contributed by atoms with E-state index in [4.69, 9.17) is 9.84 Å². The number of carboxylic acid groups (broad SMARTS) is 1. The van der Waals surface area contributed by atoms with E-state index in [1.807, 2.05) is 0 Å². The number of ether oxygens (including phenoxy) is 2. The Morgan fingerprint density at radius 2 is 1.71 bits per heavy atom. The van der Waals surface area contributed by atoms with Gasteiger partial charge < -0.3 is 14.6 Å². The molecule has 1 aromatic rings. The average Bonchev–Trinajstić information content (AvgIpc) is 2.18. The molecule has 0 spiro atoms. The van der Waals surface area contributed by atoms with Crippen LogP contribution in [0.5, 0.6) is 11.5 Å². The zero-order valence-corrected chi connectivity index (χ0v) is 8.69. The normalized spacial score (nSPS) is 12.9. The monoisotopic (exact) mass is 250 g/mol. The fourth-order valence-electron chi connectivity index (χ4n) is 0.974. The molecule has 1 atom stereocenters. The summed E-state index contributed by atoms with van der Waals surface area (Å²) in [5.74, 6) is -1.41. The van der Waals surface area contributed by atoms with Crippen molar-refractivity contribution in [3.63, 3.8) is 0 Å². The first-order valence-corrected chi connectivity index (χ1v) is 4.53. The molecule has 0 aliphatic carbocycles. The van der Waals surface area contributed by atoms with E-state index in [0.29, 0.717) is 0 Å². The molecular formula is C10H9F3O4. The highest BCUT2D eigenvalue weighted by atomic mass is 19.4. The molecule has 0 amide bonds. The maximum atomic E-state index is 11.8. The van der Waals surface area contributed by atoms with Gasteiger partial charge in [0.15, 0.2) is 6.10 Å². The summed E-state index contributed by atoms with van der Waals surface area (Å²) >= 11 is 0. The van der Waals surface area contributed by atoms with E-state index in [1.54, 1.807) is 0 Å². The third-order valence-corrected chi connectivity index (χ3v) is 1.72. The summed E-state index contributed by atoms with van der Waals surface area (Å²) in [6.45, 7) is 1.31. The van der Waals surface area contributed by atoms with Crippen LogP contribution in [0.2, 0.25) is 0 Å². The van der Waals surface area contributed by atoms with Gasteiger partial charge in [0.1, 0.15) is 11.5 Å². The van der Waals surface area contributed by atoms with Crippen molar-refractivity contribution >= 4 is 5.97 Å². The first-order valence-electron chi connectivity index (χ1n) is 4.53. The molecule has 0 saturated heterocycles. The summed E-state index contributed by atoms with van der Waals surface area (Å²) in [4.78, 5) is 10.5. The number of hydrogen-bond acceptors (Lipinski definition) is 3. The maximum absolute atomic E-state index is 11.8. The lowest BCUT2D eigenvalue weighted by Gasteiger charge is -2.12. The number of carboxylic acids is 1.